The van der Waals surface area contributed by atoms with Gasteiger partial charge in [-0.05, 0) is 72.4 Å². The van der Waals surface area contributed by atoms with E-state index in [2.05, 4.69) is 0 Å². The Bertz CT molecular complexity index is 1040. The van der Waals surface area contributed by atoms with E-state index >= 15 is 0 Å². The van der Waals surface area contributed by atoms with Crippen molar-refractivity contribution in [3.8, 4) is 11.5 Å². The minimum Gasteiger partial charge on any atom is -0.516 e. The zero-order valence-electron chi connectivity index (χ0n) is 17.4. The third kappa shape index (κ3) is 5.37. The van der Waals surface area contributed by atoms with E-state index in [1.165, 1.54) is 0 Å². The van der Waals surface area contributed by atoms with Crippen molar-refractivity contribution in [1.82, 2.24) is 0 Å². The summed E-state index contributed by atoms with van der Waals surface area (Å²) in [7, 11) is 3.23. The molecule has 6 nitrogen and oxygen atoms in total. The first-order valence-corrected chi connectivity index (χ1v) is 9.61. The average Bonchev–Trinajstić information content (AvgIpc) is 2.79. The summed E-state index contributed by atoms with van der Waals surface area (Å²) in [6.45, 7) is 0. The summed E-state index contributed by atoms with van der Waals surface area (Å²) in [5, 5.41) is 18.8. The number of allylic oxidation sites excluding steroid dienone is 2. The fourth-order valence-corrected chi connectivity index (χ4v) is 3.65. The summed E-state index contributed by atoms with van der Waals surface area (Å²) < 4.78 is 10.2. The number of aldehydes is 1. The molecular formula is C24H26CuO6+2. The zero-order valence-corrected chi connectivity index (χ0v) is 18.3. The minimum absolute atomic E-state index is 0. The summed E-state index contributed by atoms with van der Waals surface area (Å²) in [5.74, 6) is 2.03. The molecule has 0 atom stereocenters. The molecule has 2 aromatic carbocycles. The van der Waals surface area contributed by atoms with Gasteiger partial charge < -0.3 is 19.7 Å². The van der Waals surface area contributed by atoms with Crippen LogP contribution in [0.15, 0.2) is 53.8 Å². The minimum atomic E-state index is 0. The van der Waals surface area contributed by atoms with Crippen molar-refractivity contribution >= 4 is 17.8 Å². The van der Waals surface area contributed by atoms with Gasteiger partial charge in [-0.2, -0.15) is 0 Å². The van der Waals surface area contributed by atoms with Crippen LogP contribution in [0.2, 0.25) is 0 Å². The van der Waals surface area contributed by atoms with E-state index in [9.17, 15) is 9.90 Å². The summed E-state index contributed by atoms with van der Waals surface area (Å²) in [6.07, 6.45) is 4.59. The maximum atomic E-state index is 9.83. The molecule has 4 N–H and O–H groups in total. The zero-order chi connectivity index (χ0) is 21.7. The van der Waals surface area contributed by atoms with Gasteiger partial charge in [-0.3, -0.25) is 9.59 Å². The van der Waals surface area contributed by atoms with Gasteiger partial charge in [0.15, 0.2) is 0 Å². The Hall–Kier alpha value is -3.02. The molecule has 2 aliphatic carbocycles. The number of benzene rings is 2. The largest absolute Gasteiger partial charge is 0.516 e. The fourth-order valence-electron chi connectivity index (χ4n) is 3.65. The second-order valence-electron chi connectivity index (χ2n) is 7.14. The van der Waals surface area contributed by atoms with Crippen molar-refractivity contribution < 1.29 is 46.3 Å². The maximum Gasteiger partial charge on any atom is 0.328 e. The van der Waals surface area contributed by atoms with Crippen LogP contribution in [0, 0.1) is 0 Å². The fraction of sp³-hybridized carbons (Fsp3) is 0.250. The second-order valence-corrected chi connectivity index (χ2v) is 7.14. The first-order valence-electron chi connectivity index (χ1n) is 9.61. The first kappa shape index (κ1) is 24.3. The van der Waals surface area contributed by atoms with Crippen LogP contribution in [0.1, 0.15) is 35.1 Å². The summed E-state index contributed by atoms with van der Waals surface area (Å²) >= 11 is 0. The molecule has 2 aliphatic rings. The molecular weight excluding hydrogens is 448 g/mol. The predicted molar refractivity (Wildman–Crippen MR) is 117 cm³/mol. The predicted octanol–water partition coefficient (Wildman–Crippen LogP) is 4.06. The van der Waals surface area contributed by atoms with Crippen LogP contribution in [0.5, 0.6) is 11.5 Å². The number of hydrogen-bond donors (Lipinski definition) is 2. The van der Waals surface area contributed by atoms with Gasteiger partial charge in [0.05, 0.1) is 38.0 Å². The monoisotopic (exact) mass is 473 g/mol. The van der Waals surface area contributed by atoms with Gasteiger partial charge >= 0.3 is 12.1 Å². The van der Waals surface area contributed by atoms with Gasteiger partial charge in [-0.25, -0.2) is 0 Å². The molecule has 0 unspecified atom stereocenters. The number of fused-ring (bicyclic) bond motifs is 2. The van der Waals surface area contributed by atoms with Crippen LogP contribution in [0.3, 0.4) is 0 Å². The molecule has 0 amide bonds. The van der Waals surface area contributed by atoms with Crippen molar-refractivity contribution in [2.75, 3.05) is 14.2 Å². The quantitative estimate of drug-likeness (QED) is 0.303. The van der Waals surface area contributed by atoms with E-state index in [1.807, 2.05) is 30.3 Å². The van der Waals surface area contributed by atoms with Gasteiger partial charge in [0, 0.05) is 22.6 Å². The van der Waals surface area contributed by atoms with Crippen LogP contribution in [-0.2, 0) is 29.9 Å². The van der Waals surface area contributed by atoms with E-state index in [-0.39, 0.29) is 22.8 Å². The first-order chi connectivity index (χ1) is 14.5. The molecule has 0 fully saturated rings. The molecule has 2 aromatic rings. The Morgan fingerprint density at radius 2 is 1.52 bits per heavy atom. The second kappa shape index (κ2) is 10.8. The molecule has 0 saturated carbocycles. The van der Waals surface area contributed by atoms with Gasteiger partial charge in [0.1, 0.15) is 17.3 Å². The topological polar surface area (TPSA) is 102 Å². The number of carbonyl (C=O) groups excluding carboxylic acids is 2. The number of ether oxygens (including phenoxy) is 2. The molecule has 31 heavy (non-hydrogen) atoms. The number of aliphatic hydroxyl groups excluding tert-OH is 2. The number of rotatable bonds is 3. The average molecular weight is 474 g/mol. The maximum absolute atomic E-state index is 9.83. The molecule has 0 aliphatic heterocycles. The van der Waals surface area contributed by atoms with Crippen LogP contribution in [0.25, 0.3) is 5.76 Å². The molecule has 4 rings (SSSR count). The van der Waals surface area contributed by atoms with Gasteiger partial charge in [0.25, 0.3) is 0 Å². The Labute approximate surface area is 191 Å². The van der Waals surface area contributed by atoms with Gasteiger partial charge in [0.2, 0.25) is 0 Å². The smallest absolute Gasteiger partial charge is 0.328 e. The molecule has 7 heteroatoms. The number of methoxy groups -OCH3 is 2. The molecule has 0 heterocycles. The Kier molecular flexibility index (Phi) is 8.48. The summed E-state index contributed by atoms with van der Waals surface area (Å²) in [5.41, 5.74) is 5.07. The van der Waals surface area contributed by atoms with Crippen LogP contribution in [-0.4, -0.2) is 46.1 Å². The van der Waals surface area contributed by atoms with Crippen LogP contribution in [0.4, 0.5) is 0 Å². The molecule has 0 spiro atoms. The van der Waals surface area contributed by atoms with Crippen LogP contribution < -0.4 is 9.47 Å². The SMILES string of the molecule is COc1ccc2c(c1)CC(=CO)CC2=[OH+].COc1ccc2c(c1)CCC(C=[OH+])=C2O.[Cu]. The third-order valence-electron chi connectivity index (χ3n) is 5.31. The normalized spacial score (nSPS) is 15.7. The summed E-state index contributed by atoms with van der Waals surface area (Å²) in [6, 6.07) is 11.1. The number of ketones is 1. The Balaban J connectivity index is 0.000000213. The van der Waals surface area contributed by atoms with Crippen molar-refractivity contribution in [3.05, 3.63) is 76.1 Å². The molecule has 0 saturated heterocycles. The Morgan fingerprint density at radius 1 is 0.903 bits per heavy atom. The van der Waals surface area contributed by atoms with Crippen LogP contribution >= 0.6 is 0 Å². The third-order valence-corrected chi connectivity index (χ3v) is 5.31. The van der Waals surface area contributed by atoms with Gasteiger partial charge in [-0.15, -0.1) is 0 Å². The molecule has 167 valence electrons. The van der Waals surface area contributed by atoms with E-state index in [1.54, 1.807) is 20.3 Å². The number of aliphatic hydroxyl groups is 2. The van der Waals surface area contributed by atoms with E-state index < -0.39 is 0 Å². The molecule has 1 radical (unpaired) electrons. The number of aryl methyl sites for hydroxylation is 1. The van der Waals surface area contributed by atoms with Gasteiger partial charge in [-0.1, -0.05) is 0 Å². The standard InChI is InChI=1S/2C12H12O3.Cu/c1-15-10-2-3-11-9(6-10)4-8(7-13)5-12(11)14;1-15-10-4-5-11-8(6-10)2-3-9(7-13)12(11)14;/h2-3,6-7,13H,4-5H2,1H3;4-7,14H,2-3H2,1H3;/p+2. The van der Waals surface area contributed by atoms with E-state index in [4.69, 9.17) is 19.4 Å². The van der Waals surface area contributed by atoms with Crippen molar-refractivity contribution in [2.24, 2.45) is 0 Å². The number of hydrogen-bond acceptors (Lipinski definition) is 4. The van der Waals surface area contributed by atoms with E-state index in [0.29, 0.717) is 30.6 Å². The van der Waals surface area contributed by atoms with Crippen molar-refractivity contribution in [1.29, 1.82) is 0 Å². The van der Waals surface area contributed by atoms with Crippen molar-refractivity contribution in [3.63, 3.8) is 0 Å². The van der Waals surface area contributed by atoms with E-state index in [0.717, 1.165) is 58.3 Å². The van der Waals surface area contributed by atoms with Crippen molar-refractivity contribution in [2.45, 2.75) is 25.7 Å². The Morgan fingerprint density at radius 3 is 2.10 bits per heavy atom. The molecule has 0 aromatic heterocycles. The molecule has 0 bridgehead atoms. The summed E-state index contributed by atoms with van der Waals surface area (Å²) in [4.78, 5) is 18.7.